The van der Waals surface area contributed by atoms with Crippen LogP contribution in [0, 0.1) is 0 Å². The minimum absolute atomic E-state index is 0. The Kier molecular flexibility index (Phi) is 9.42. The summed E-state index contributed by atoms with van der Waals surface area (Å²) >= 11 is 0. The minimum atomic E-state index is -0.526. The molecule has 9 nitrogen and oxygen atoms in total. The molecule has 0 aromatic carbocycles. The van der Waals surface area contributed by atoms with Crippen molar-refractivity contribution in [1.29, 1.82) is 0 Å². The highest BCUT2D eigenvalue weighted by Crippen LogP contribution is 2.12. The zero-order chi connectivity index (χ0) is 19.9. The number of halogens is 1. The Bertz CT molecular complexity index is 678. The topological polar surface area (TPSA) is 108 Å². The molecule has 2 heterocycles. The Morgan fingerprint density at radius 1 is 1.39 bits per heavy atom. The van der Waals surface area contributed by atoms with Gasteiger partial charge in [-0.05, 0) is 39.3 Å². The van der Waals surface area contributed by atoms with E-state index < -0.39 is 11.7 Å². The Labute approximate surface area is 182 Å². The maximum absolute atomic E-state index is 12.0. The van der Waals surface area contributed by atoms with E-state index in [0.29, 0.717) is 18.2 Å². The lowest BCUT2D eigenvalue weighted by Crippen LogP contribution is -2.45. The van der Waals surface area contributed by atoms with Crippen LogP contribution in [-0.4, -0.2) is 66.2 Å². The monoisotopic (exact) mass is 504 g/mol. The number of alkyl carbamates (subject to hydrolysis) is 1. The normalized spacial score (nSPS) is 16.8. The first-order valence-corrected chi connectivity index (χ1v) is 8.92. The van der Waals surface area contributed by atoms with Gasteiger partial charge in [0.1, 0.15) is 5.60 Å². The fraction of sp³-hybridized carbons (Fsp3) is 0.556. The van der Waals surface area contributed by atoms with E-state index in [1.807, 2.05) is 25.7 Å². The first kappa shape index (κ1) is 23.9. The van der Waals surface area contributed by atoms with Crippen molar-refractivity contribution in [1.82, 2.24) is 20.5 Å². The first-order valence-electron chi connectivity index (χ1n) is 8.92. The van der Waals surface area contributed by atoms with Crippen LogP contribution in [-0.2, 0) is 9.53 Å². The number of nitrogens with one attached hydrogen (secondary N) is 3. The van der Waals surface area contributed by atoms with Crippen LogP contribution >= 0.6 is 24.0 Å². The Morgan fingerprint density at radius 2 is 2.14 bits per heavy atom. The van der Waals surface area contributed by atoms with Crippen molar-refractivity contribution < 1.29 is 14.3 Å². The van der Waals surface area contributed by atoms with Crippen LogP contribution in [0.3, 0.4) is 0 Å². The van der Waals surface area contributed by atoms with Gasteiger partial charge in [0.2, 0.25) is 5.91 Å². The zero-order valence-corrected chi connectivity index (χ0v) is 19.0. The fourth-order valence-electron chi connectivity index (χ4n) is 2.68. The number of likely N-dealkylation sites (tertiary alicyclic amines) is 1. The second kappa shape index (κ2) is 11.0. The SMILES string of the molecule is CN=C(NCC(=O)Nc1cccnc1)N1CCC(NC(=O)OC(C)(C)C)C1.I. The molecule has 28 heavy (non-hydrogen) atoms. The maximum atomic E-state index is 12.0. The molecule has 3 N–H and O–H groups in total. The smallest absolute Gasteiger partial charge is 0.407 e. The van der Waals surface area contributed by atoms with Crippen LogP contribution in [0.15, 0.2) is 29.5 Å². The summed E-state index contributed by atoms with van der Waals surface area (Å²) in [5, 5.41) is 8.67. The lowest BCUT2D eigenvalue weighted by atomic mass is 10.2. The maximum Gasteiger partial charge on any atom is 0.407 e. The molecule has 2 rings (SSSR count). The summed E-state index contributed by atoms with van der Waals surface area (Å²) in [5.41, 5.74) is 0.115. The number of pyridine rings is 1. The van der Waals surface area contributed by atoms with E-state index in [9.17, 15) is 9.59 Å². The number of amides is 2. The summed E-state index contributed by atoms with van der Waals surface area (Å²) in [5.74, 6) is 0.427. The van der Waals surface area contributed by atoms with Gasteiger partial charge in [-0.25, -0.2) is 4.79 Å². The minimum Gasteiger partial charge on any atom is -0.444 e. The molecule has 1 aromatic rings. The number of aliphatic imine (C=N–C) groups is 1. The van der Waals surface area contributed by atoms with E-state index in [-0.39, 0.29) is 42.5 Å². The number of nitrogens with zero attached hydrogens (tertiary/aromatic N) is 3. The Morgan fingerprint density at radius 3 is 2.75 bits per heavy atom. The molecule has 1 aromatic heterocycles. The van der Waals surface area contributed by atoms with Crippen molar-refractivity contribution in [3.8, 4) is 0 Å². The second-order valence-corrected chi connectivity index (χ2v) is 7.27. The van der Waals surface area contributed by atoms with E-state index in [2.05, 4.69) is 25.9 Å². The van der Waals surface area contributed by atoms with Gasteiger partial charge in [-0.3, -0.25) is 14.8 Å². The average molecular weight is 504 g/mol. The van der Waals surface area contributed by atoms with Gasteiger partial charge in [0.05, 0.1) is 24.5 Å². The van der Waals surface area contributed by atoms with Gasteiger partial charge in [0, 0.05) is 26.3 Å². The number of ether oxygens (including phenoxy) is 1. The van der Waals surface area contributed by atoms with Gasteiger partial charge in [-0.1, -0.05) is 0 Å². The molecule has 1 saturated heterocycles. The van der Waals surface area contributed by atoms with Crippen molar-refractivity contribution in [2.75, 3.05) is 32.0 Å². The highest BCUT2D eigenvalue weighted by Gasteiger charge is 2.28. The predicted octanol–water partition coefficient (Wildman–Crippen LogP) is 1.81. The van der Waals surface area contributed by atoms with Gasteiger partial charge < -0.3 is 25.6 Å². The first-order chi connectivity index (χ1) is 12.8. The Hall–Kier alpha value is -2.11. The third kappa shape index (κ3) is 8.28. The van der Waals surface area contributed by atoms with E-state index in [1.54, 1.807) is 31.6 Å². The lowest BCUT2D eigenvalue weighted by molar-refractivity contribution is -0.115. The number of carbonyl (C=O) groups is 2. The van der Waals surface area contributed by atoms with Crippen molar-refractivity contribution in [3.63, 3.8) is 0 Å². The largest absolute Gasteiger partial charge is 0.444 e. The van der Waals surface area contributed by atoms with Crippen LogP contribution in [0.1, 0.15) is 27.2 Å². The highest BCUT2D eigenvalue weighted by atomic mass is 127. The molecule has 0 aliphatic carbocycles. The molecule has 1 fully saturated rings. The van der Waals surface area contributed by atoms with Crippen LogP contribution < -0.4 is 16.0 Å². The number of hydrogen-bond acceptors (Lipinski definition) is 5. The molecule has 1 unspecified atom stereocenters. The van der Waals surface area contributed by atoms with Crippen molar-refractivity contribution in [2.45, 2.75) is 38.8 Å². The number of aromatic nitrogens is 1. The van der Waals surface area contributed by atoms with E-state index in [4.69, 9.17) is 4.74 Å². The van der Waals surface area contributed by atoms with Crippen molar-refractivity contribution >= 4 is 47.6 Å². The molecule has 10 heteroatoms. The predicted molar refractivity (Wildman–Crippen MR) is 119 cm³/mol. The van der Waals surface area contributed by atoms with Crippen LogP contribution in [0.4, 0.5) is 10.5 Å². The number of guanidine groups is 1. The molecular formula is C18H29IN6O3. The summed E-state index contributed by atoms with van der Waals surface area (Å²) in [7, 11) is 1.66. The third-order valence-electron chi connectivity index (χ3n) is 3.77. The van der Waals surface area contributed by atoms with Gasteiger partial charge in [-0.2, -0.15) is 0 Å². The number of hydrogen-bond donors (Lipinski definition) is 3. The molecule has 0 spiro atoms. The third-order valence-corrected chi connectivity index (χ3v) is 3.77. The quantitative estimate of drug-likeness (QED) is 0.328. The number of carbonyl (C=O) groups excluding carboxylic acids is 2. The molecule has 2 amide bonds. The summed E-state index contributed by atoms with van der Waals surface area (Å²) in [6.07, 6.45) is 3.58. The summed E-state index contributed by atoms with van der Waals surface area (Å²) in [6, 6.07) is 3.50. The standard InChI is InChI=1S/C18H28N6O3.HI/c1-18(2,3)27-17(26)23-14-7-9-24(12-14)16(19-4)21-11-15(25)22-13-6-5-8-20-10-13;/h5-6,8,10,14H,7,9,11-12H2,1-4H3,(H,19,21)(H,22,25)(H,23,26);1H. The van der Waals surface area contributed by atoms with Gasteiger partial charge in [-0.15, -0.1) is 24.0 Å². The second-order valence-electron chi connectivity index (χ2n) is 7.27. The Balaban J connectivity index is 0.00000392. The van der Waals surface area contributed by atoms with Crippen LogP contribution in [0.5, 0.6) is 0 Å². The van der Waals surface area contributed by atoms with Gasteiger partial charge in [0.25, 0.3) is 0 Å². The summed E-state index contributed by atoms with van der Waals surface area (Å²) < 4.78 is 5.28. The van der Waals surface area contributed by atoms with E-state index in [1.165, 1.54) is 0 Å². The number of rotatable bonds is 4. The molecule has 0 radical (unpaired) electrons. The van der Waals surface area contributed by atoms with Gasteiger partial charge >= 0.3 is 6.09 Å². The fourth-order valence-corrected chi connectivity index (χ4v) is 2.68. The molecule has 0 bridgehead atoms. The molecule has 1 atom stereocenters. The summed E-state index contributed by atoms with van der Waals surface area (Å²) in [4.78, 5) is 34.1. The van der Waals surface area contributed by atoms with Crippen molar-refractivity contribution in [2.24, 2.45) is 4.99 Å². The van der Waals surface area contributed by atoms with E-state index >= 15 is 0 Å². The molecule has 1 aliphatic rings. The molecule has 0 saturated carbocycles. The summed E-state index contributed by atoms with van der Waals surface area (Å²) in [6.45, 7) is 6.90. The number of anilines is 1. The molecular weight excluding hydrogens is 475 g/mol. The lowest BCUT2D eigenvalue weighted by Gasteiger charge is -2.23. The van der Waals surface area contributed by atoms with Crippen molar-refractivity contribution in [3.05, 3.63) is 24.5 Å². The average Bonchev–Trinajstić information content (AvgIpc) is 3.02. The molecule has 1 aliphatic heterocycles. The van der Waals surface area contributed by atoms with Crippen LogP contribution in [0.25, 0.3) is 0 Å². The highest BCUT2D eigenvalue weighted by molar-refractivity contribution is 14.0. The van der Waals surface area contributed by atoms with E-state index in [0.717, 1.165) is 13.0 Å². The molecule has 156 valence electrons. The van der Waals surface area contributed by atoms with Crippen LogP contribution in [0.2, 0.25) is 0 Å². The zero-order valence-electron chi connectivity index (χ0n) is 16.7. The van der Waals surface area contributed by atoms with Gasteiger partial charge in [0.15, 0.2) is 5.96 Å².